The van der Waals surface area contributed by atoms with Gasteiger partial charge in [0.05, 0.1) is 13.2 Å². The molecule has 0 saturated heterocycles. The molecule has 0 heterocycles. The van der Waals surface area contributed by atoms with Gasteiger partial charge in [0.1, 0.15) is 5.75 Å². The molecular formula is C16H25NO2. The normalized spacial score (nSPS) is 11.1. The first-order valence-corrected chi connectivity index (χ1v) is 6.96. The van der Waals surface area contributed by atoms with Crippen molar-refractivity contribution in [3.05, 3.63) is 35.9 Å². The van der Waals surface area contributed by atoms with Crippen molar-refractivity contribution in [2.45, 2.75) is 19.8 Å². The van der Waals surface area contributed by atoms with E-state index in [4.69, 9.17) is 9.47 Å². The molecule has 1 N–H and O–H groups in total. The van der Waals surface area contributed by atoms with E-state index in [-0.39, 0.29) is 0 Å². The molecule has 3 nitrogen and oxygen atoms in total. The Morgan fingerprint density at radius 3 is 2.58 bits per heavy atom. The number of methoxy groups -OCH3 is 1. The highest BCUT2D eigenvalue weighted by molar-refractivity contribution is 5.50. The number of hydrogen-bond acceptors (Lipinski definition) is 3. The minimum absolute atomic E-state index is 0.767. The second-order valence-corrected chi connectivity index (χ2v) is 4.35. The molecule has 1 aromatic rings. The Labute approximate surface area is 116 Å². The number of nitrogens with one attached hydrogen (secondary N) is 1. The van der Waals surface area contributed by atoms with Crippen LogP contribution >= 0.6 is 0 Å². The van der Waals surface area contributed by atoms with Crippen molar-refractivity contribution >= 4 is 6.08 Å². The van der Waals surface area contributed by atoms with Crippen LogP contribution in [0.15, 0.2) is 30.3 Å². The van der Waals surface area contributed by atoms with Crippen LogP contribution in [0.5, 0.6) is 5.75 Å². The summed E-state index contributed by atoms with van der Waals surface area (Å²) in [6, 6.07) is 8.21. The Bertz CT molecular complexity index is 346. The van der Waals surface area contributed by atoms with Gasteiger partial charge in [-0.05, 0) is 37.1 Å². The van der Waals surface area contributed by atoms with Crippen LogP contribution in [0, 0.1) is 0 Å². The maximum Gasteiger partial charge on any atom is 0.119 e. The molecule has 0 aromatic heterocycles. The van der Waals surface area contributed by atoms with Crippen molar-refractivity contribution in [3.63, 3.8) is 0 Å². The fourth-order valence-electron chi connectivity index (χ4n) is 1.60. The lowest BCUT2D eigenvalue weighted by atomic mass is 10.2. The van der Waals surface area contributed by atoms with Crippen LogP contribution in [0.2, 0.25) is 0 Å². The highest BCUT2D eigenvalue weighted by Gasteiger charge is 1.92. The van der Waals surface area contributed by atoms with Crippen LogP contribution < -0.4 is 10.1 Å². The smallest absolute Gasteiger partial charge is 0.119 e. The summed E-state index contributed by atoms with van der Waals surface area (Å²) < 4.78 is 10.5. The molecule has 3 heteroatoms. The van der Waals surface area contributed by atoms with E-state index in [9.17, 15) is 0 Å². The number of rotatable bonds is 10. The summed E-state index contributed by atoms with van der Waals surface area (Å²) in [4.78, 5) is 0. The predicted molar refractivity (Wildman–Crippen MR) is 80.6 cm³/mol. The van der Waals surface area contributed by atoms with Crippen LogP contribution in [0.1, 0.15) is 25.3 Å². The van der Waals surface area contributed by atoms with Crippen molar-refractivity contribution in [3.8, 4) is 5.75 Å². The molecule has 0 aliphatic rings. The average Bonchev–Trinajstić information content (AvgIpc) is 2.45. The molecule has 0 aliphatic heterocycles. The molecule has 0 aliphatic carbocycles. The molecule has 106 valence electrons. The minimum atomic E-state index is 0.767. The van der Waals surface area contributed by atoms with Gasteiger partial charge in [0, 0.05) is 13.7 Å². The Morgan fingerprint density at radius 2 is 1.89 bits per heavy atom. The van der Waals surface area contributed by atoms with Crippen LogP contribution in [-0.4, -0.2) is 33.4 Å². The molecule has 1 aromatic carbocycles. The molecule has 0 bridgehead atoms. The number of ether oxygens (including phenoxy) is 2. The Morgan fingerprint density at radius 1 is 1.11 bits per heavy atom. The zero-order chi connectivity index (χ0) is 13.8. The first-order chi connectivity index (χ1) is 9.36. The van der Waals surface area contributed by atoms with E-state index in [2.05, 4.69) is 36.5 Å². The molecule has 1 rings (SSSR count). The molecule has 0 atom stereocenters. The van der Waals surface area contributed by atoms with Gasteiger partial charge in [-0.1, -0.05) is 31.2 Å². The van der Waals surface area contributed by atoms with E-state index >= 15 is 0 Å². The van der Waals surface area contributed by atoms with Gasteiger partial charge >= 0.3 is 0 Å². The molecule has 19 heavy (non-hydrogen) atoms. The first-order valence-electron chi connectivity index (χ1n) is 6.96. The summed E-state index contributed by atoms with van der Waals surface area (Å²) in [5.74, 6) is 0.945. The lowest BCUT2D eigenvalue weighted by molar-refractivity contribution is 0.199. The zero-order valence-corrected chi connectivity index (χ0v) is 12.0. The average molecular weight is 263 g/mol. The fraction of sp³-hybridized carbons (Fsp3) is 0.500. The zero-order valence-electron chi connectivity index (χ0n) is 12.0. The van der Waals surface area contributed by atoms with Gasteiger partial charge in [0.2, 0.25) is 0 Å². The van der Waals surface area contributed by atoms with Crippen LogP contribution in [0.4, 0.5) is 0 Å². The topological polar surface area (TPSA) is 30.5 Å². The van der Waals surface area contributed by atoms with Crippen molar-refractivity contribution in [2.75, 3.05) is 33.4 Å². The number of benzene rings is 1. The Kier molecular flexibility index (Phi) is 8.77. The second-order valence-electron chi connectivity index (χ2n) is 4.35. The van der Waals surface area contributed by atoms with Crippen molar-refractivity contribution in [1.29, 1.82) is 0 Å². The summed E-state index contributed by atoms with van der Waals surface area (Å²) in [6.45, 7) is 5.55. The molecule has 0 amide bonds. The quantitative estimate of drug-likeness (QED) is 0.658. The summed E-state index contributed by atoms with van der Waals surface area (Å²) in [5, 5.41) is 3.31. The third-order valence-corrected chi connectivity index (χ3v) is 2.63. The lowest BCUT2D eigenvalue weighted by Crippen LogP contribution is -2.19. The molecule has 0 unspecified atom stereocenters. The van der Waals surface area contributed by atoms with Crippen LogP contribution in [-0.2, 0) is 4.74 Å². The van der Waals surface area contributed by atoms with Gasteiger partial charge in [-0.3, -0.25) is 0 Å². The fourth-order valence-corrected chi connectivity index (χ4v) is 1.60. The van der Waals surface area contributed by atoms with Gasteiger partial charge in [-0.2, -0.15) is 0 Å². The summed E-state index contributed by atoms with van der Waals surface area (Å²) in [5.41, 5.74) is 1.21. The van der Waals surface area contributed by atoms with Crippen molar-refractivity contribution in [1.82, 2.24) is 5.32 Å². The maximum absolute atomic E-state index is 5.54. The van der Waals surface area contributed by atoms with E-state index in [0.717, 1.165) is 44.9 Å². The SMILES string of the molecule is CCCOc1ccc(C=CCCNCCOC)cc1. The molecule has 0 radical (unpaired) electrons. The highest BCUT2D eigenvalue weighted by Crippen LogP contribution is 2.13. The molecular weight excluding hydrogens is 238 g/mol. The van der Waals surface area contributed by atoms with Crippen LogP contribution in [0.3, 0.4) is 0 Å². The van der Waals surface area contributed by atoms with Gasteiger partial charge in [0.25, 0.3) is 0 Å². The maximum atomic E-state index is 5.54. The second kappa shape index (κ2) is 10.6. The van der Waals surface area contributed by atoms with E-state index in [1.165, 1.54) is 5.56 Å². The summed E-state index contributed by atoms with van der Waals surface area (Å²) >= 11 is 0. The van der Waals surface area contributed by atoms with E-state index in [1.54, 1.807) is 7.11 Å². The van der Waals surface area contributed by atoms with Crippen LogP contribution in [0.25, 0.3) is 6.08 Å². The lowest BCUT2D eigenvalue weighted by Gasteiger charge is -2.04. The van der Waals surface area contributed by atoms with Crippen molar-refractivity contribution in [2.24, 2.45) is 0 Å². The third-order valence-electron chi connectivity index (χ3n) is 2.63. The first kappa shape index (κ1) is 15.7. The van der Waals surface area contributed by atoms with E-state index in [0.29, 0.717) is 0 Å². The molecule has 0 fully saturated rings. The predicted octanol–water partition coefficient (Wildman–Crippen LogP) is 3.11. The monoisotopic (exact) mass is 263 g/mol. The van der Waals surface area contributed by atoms with E-state index < -0.39 is 0 Å². The van der Waals surface area contributed by atoms with E-state index in [1.807, 2.05) is 12.1 Å². The van der Waals surface area contributed by atoms with Gasteiger partial charge in [0.15, 0.2) is 0 Å². The van der Waals surface area contributed by atoms with Crippen molar-refractivity contribution < 1.29 is 9.47 Å². The largest absolute Gasteiger partial charge is 0.494 e. The standard InChI is InChI=1S/C16H25NO2/c1-3-13-19-16-9-7-15(8-10-16)6-4-5-11-17-12-14-18-2/h4,6-10,17H,3,5,11-14H2,1-2H3. The third kappa shape index (κ3) is 7.65. The number of hydrogen-bond donors (Lipinski definition) is 1. The summed E-state index contributed by atoms with van der Waals surface area (Å²) in [7, 11) is 1.72. The Hall–Kier alpha value is -1.32. The Balaban J connectivity index is 2.21. The summed E-state index contributed by atoms with van der Waals surface area (Å²) in [6.07, 6.45) is 6.39. The van der Waals surface area contributed by atoms with Gasteiger partial charge in [-0.25, -0.2) is 0 Å². The van der Waals surface area contributed by atoms with Gasteiger partial charge in [-0.15, -0.1) is 0 Å². The van der Waals surface area contributed by atoms with Gasteiger partial charge < -0.3 is 14.8 Å². The molecule has 0 spiro atoms. The molecule has 0 saturated carbocycles. The minimum Gasteiger partial charge on any atom is -0.494 e. The highest BCUT2D eigenvalue weighted by atomic mass is 16.5.